The fraction of sp³-hybridized carbons (Fsp3) is 0.125. The third-order valence-corrected chi connectivity index (χ3v) is 2.45. The van der Waals surface area contributed by atoms with E-state index in [1.165, 1.54) is 6.92 Å². The molecule has 0 aliphatic rings. The van der Waals surface area contributed by atoms with E-state index in [0.717, 1.165) is 12.1 Å². The van der Waals surface area contributed by atoms with Gasteiger partial charge in [-0.1, -0.05) is 0 Å². The lowest BCUT2D eigenvalue weighted by atomic mass is 10.1. The number of halogens is 3. The van der Waals surface area contributed by atoms with Crippen molar-refractivity contribution in [1.29, 1.82) is 0 Å². The number of carbonyl (C=O) groups is 1. The van der Waals surface area contributed by atoms with Gasteiger partial charge in [-0.15, -0.1) is 0 Å². The Hall–Kier alpha value is -0.520. The van der Waals surface area contributed by atoms with E-state index in [1.807, 2.05) is 0 Å². The van der Waals surface area contributed by atoms with Crippen molar-refractivity contribution in [3.05, 3.63) is 32.9 Å². The van der Waals surface area contributed by atoms with Gasteiger partial charge >= 0.3 is 0 Å². The van der Waals surface area contributed by atoms with Crippen molar-refractivity contribution in [2.24, 2.45) is 0 Å². The molecule has 0 unspecified atom stereocenters. The second-order valence-electron chi connectivity index (χ2n) is 2.27. The van der Waals surface area contributed by atoms with Gasteiger partial charge in [0.25, 0.3) is 0 Å². The van der Waals surface area contributed by atoms with Crippen LogP contribution in [-0.2, 0) is 0 Å². The van der Waals surface area contributed by atoms with Gasteiger partial charge in [0.1, 0.15) is 11.6 Å². The highest BCUT2D eigenvalue weighted by Gasteiger charge is 2.14. The zero-order chi connectivity index (χ0) is 9.30. The monoisotopic (exact) mass is 282 g/mol. The predicted octanol–water partition coefficient (Wildman–Crippen LogP) is 2.77. The maximum absolute atomic E-state index is 12.9. The number of hydrogen-bond donors (Lipinski definition) is 0. The third-order valence-electron chi connectivity index (χ3n) is 1.40. The van der Waals surface area contributed by atoms with Crippen LogP contribution in [0, 0.1) is 15.2 Å². The van der Waals surface area contributed by atoms with Crippen LogP contribution >= 0.6 is 22.6 Å². The van der Waals surface area contributed by atoms with Crippen LogP contribution in [0.1, 0.15) is 17.3 Å². The molecule has 0 fully saturated rings. The van der Waals surface area contributed by atoms with Gasteiger partial charge in [0.2, 0.25) is 0 Å². The van der Waals surface area contributed by atoms with Gasteiger partial charge in [0.15, 0.2) is 5.78 Å². The van der Waals surface area contributed by atoms with Crippen LogP contribution in [0.2, 0.25) is 0 Å². The van der Waals surface area contributed by atoms with Crippen LogP contribution < -0.4 is 0 Å². The van der Waals surface area contributed by atoms with E-state index < -0.39 is 17.4 Å². The summed E-state index contributed by atoms with van der Waals surface area (Å²) in [5, 5.41) is 0. The summed E-state index contributed by atoms with van der Waals surface area (Å²) in [6.07, 6.45) is 0. The van der Waals surface area contributed by atoms with E-state index >= 15 is 0 Å². The maximum Gasteiger partial charge on any atom is 0.163 e. The second-order valence-corrected chi connectivity index (χ2v) is 3.35. The number of Topliss-reactive ketones (excluding diaryl/α,β-unsaturated/α-hetero) is 1. The lowest BCUT2D eigenvalue weighted by Gasteiger charge is -2.01. The fourth-order valence-corrected chi connectivity index (χ4v) is 1.67. The van der Waals surface area contributed by atoms with Crippen LogP contribution in [0.5, 0.6) is 0 Å². The molecule has 64 valence electrons. The molecular weight excluding hydrogens is 277 g/mol. The van der Waals surface area contributed by atoms with Crippen molar-refractivity contribution in [3.8, 4) is 0 Å². The first-order chi connectivity index (χ1) is 5.54. The Balaban J connectivity index is 3.43. The highest BCUT2D eigenvalue weighted by Crippen LogP contribution is 2.19. The molecule has 0 spiro atoms. The topological polar surface area (TPSA) is 17.1 Å². The molecule has 0 aliphatic heterocycles. The highest BCUT2D eigenvalue weighted by atomic mass is 127. The number of ketones is 1. The van der Waals surface area contributed by atoms with Gasteiger partial charge in [-0.25, -0.2) is 8.78 Å². The lowest BCUT2D eigenvalue weighted by Crippen LogP contribution is -2.02. The Morgan fingerprint density at radius 3 is 2.25 bits per heavy atom. The Kier molecular flexibility index (Phi) is 2.76. The molecule has 1 aromatic rings. The molecule has 4 heteroatoms. The van der Waals surface area contributed by atoms with Crippen molar-refractivity contribution in [1.82, 2.24) is 0 Å². The van der Waals surface area contributed by atoms with Gasteiger partial charge in [-0.3, -0.25) is 4.79 Å². The normalized spacial score (nSPS) is 10.0. The molecule has 0 aliphatic carbocycles. The summed E-state index contributed by atoms with van der Waals surface area (Å²) in [4.78, 5) is 10.8. The van der Waals surface area contributed by atoms with Crippen LogP contribution in [-0.4, -0.2) is 5.78 Å². The molecule has 0 bridgehead atoms. The van der Waals surface area contributed by atoms with Gasteiger partial charge in [0.05, 0.1) is 9.13 Å². The summed E-state index contributed by atoms with van der Waals surface area (Å²) in [5.74, 6) is -1.70. The third kappa shape index (κ3) is 1.63. The summed E-state index contributed by atoms with van der Waals surface area (Å²) in [6, 6.07) is 1.96. The Morgan fingerprint density at radius 2 is 1.83 bits per heavy atom. The molecule has 1 aromatic carbocycles. The second kappa shape index (κ2) is 3.47. The molecular formula is C8H5F2IO. The molecule has 0 aromatic heterocycles. The maximum atomic E-state index is 12.9. The van der Waals surface area contributed by atoms with E-state index in [1.54, 1.807) is 22.6 Å². The first kappa shape index (κ1) is 9.57. The molecule has 0 radical (unpaired) electrons. The fourth-order valence-electron chi connectivity index (χ4n) is 0.850. The molecule has 0 saturated carbocycles. The molecule has 0 N–H and O–H groups in total. The minimum absolute atomic E-state index is 0.0418. The van der Waals surface area contributed by atoms with Crippen molar-refractivity contribution in [2.45, 2.75) is 6.92 Å². The predicted molar refractivity (Wildman–Crippen MR) is 49.1 cm³/mol. The molecule has 0 saturated heterocycles. The smallest absolute Gasteiger partial charge is 0.163 e. The molecule has 0 amide bonds. The minimum Gasteiger partial charge on any atom is -0.294 e. The standard InChI is InChI=1S/C8H5F2IO/c1-4(12)7-5(9)2-3-6(10)8(7)11/h2-3H,1H3. The van der Waals surface area contributed by atoms with Gasteiger partial charge in [-0.2, -0.15) is 0 Å². The Morgan fingerprint density at radius 1 is 1.33 bits per heavy atom. The number of hydrogen-bond acceptors (Lipinski definition) is 1. The SMILES string of the molecule is CC(=O)c1c(F)ccc(F)c1I. The van der Waals surface area contributed by atoms with Crippen molar-refractivity contribution in [3.63, 3.8) is 0 Å². The van der Waals surface area contributed by atoms with Crippen molar-refractivity contribution in [2.75, 3.05) is 0 Å². The average Bonchev–Trinajstić information content (AvgIpc) is 1.97. The van der Waals surface area contributed by atoms with Gasteiger partial charge in [0, 0.05) is 0 Å². The van der Waals surface area contributed by atoms with Gasteiger partial charge in [-0.05, 0) is 41.6 Å². The van der Waals surface area contributed by atoms with Crippen LogP contribution in [0.4, 0.5) is 8.78 Å². The minimum atomic E-state index is -0.673. The highest BCUT2D eigenvalue weighted by molar-refractivity contribution is 14.1. The molecule has 0 heterocycles. The summed E-state index contributed by atoms with van der Waals surface area (Å²) in [7, 11) is 0. The van der Waals surface area contributed by atoms with E-state index in [0.29, 0.717) is 0 Å². The molecule has 1 rings (SSSR count). The summed E-state index contributed by atoms with van der Waals surface area (Å²) in [6.45, 7) is 1.21. The quantitative estimate of drug-likeness (QED) is 0.440. The van der Waals surface area contributed by atoms with E-state index in [-0.39, 0.29) is 9.13 Å². The summed E-state index contributed by atoms with van der Waals surface area (Å²) in [5.41, 5.74) is -0.171. The van der Waals surface area contributed by atoms with Crippen LogP contribution in [0.15, 0.2) is 12.1 Å². The molecule has 0 atom stereocenters. The first-order valence-corrected chi connectivity index (χ1v) is 4.26. The largest absolute Gasteiger partial charge is 0.294 e. The number of benzene rings is 1. The Labute approximate surface area is 81.9 Å². The zero-order valence-electron chi connectivity index (χ0n) is 6.20. The van der Waals surface area contributed by atoms with Crippen molar-refractivity contribution < 1.29 is 13.6 Å². The van der Waals surface area contributed by atoms with E-state index in [4.69, 9.17) is 0 Å². The van der Waals surface area contributed by atoms with Crippen LogP contribution in [0.25, 0.3) is 0 Å². The van der Waals surface area contributed by atoms with Crippen LogP contribution in [0.3, 0.4) is 0 Å². The van der Waals surface area contributed by atoms with E-state index in [9.17, 15) is 13.6 Å². The zero-order valence-corrected chi connectivity index (χ0v) is 8.35. The lowest BCUT2D eigenvalue weighted by molar-refractivity contribution is 0.101. The summed E-state index contributed by atoms with van der Waals surface area (Å²) >= 11 is 1.61. The van der Waals surface area contributed by atoms with E-state index in [2.05, 4.69) is 0 Å². The summed E-state index contributed by atoms with van der Waals surface area (Å²) < 4.78 is 25.7. The average molecular weight is 282 g/mol. The van der Waals surface area contributed by atoms with Gasteiger partial charge < -0.3 is 0 Å². The number of rotatable bonds is 1. The first-order valence-electron chi connectivity index (χ1n) is 3.18. The number of carbonyl (C=O) groups excluding carboxylic acids is 1. The molecule has 12 heavy (non-hydrogen) atoms. The van der Waals surface area contributed by atoms with Crippen molar-refractivity contribution >= 4 is 28.4 Å². The Bertz CT molecular complexity index is 336. The molecule has 1 nitrogen and oxygen atoms in total.